The minimum absolute atomic E-state index is 0.257. The number of thiazole rings is 1. The van der Waals surface area contributed by atoms with Crippen LogP contribution in [-0.4, -0.2) is 18.6 Å². The van der Waals surface area contributed by atoms with Gasteiger partial charge in [0.15, 0.2) is 16.7 Å². The van der Waals surface area contributed by atoms with Crippen LogP contribution in [0.3, 0.4) is 0 Å². The van der Waals surface area contributed by atoms with Crippen LogP contribution in [0.5, 0.6) is 5.75 Å². The van der Waals surface area contributed by atoms with E-state index in [0.717, 1.165) is 28.5 Å². The molecular weight excluding hydrogens is 251 g/mol. The van der Waals surface area contributed by atoms with Crippen LogP contribution in [0.4, 0.5) is 9.52 Å². The molecule has 0 aliphatic carbocycles. The van der Waals surface area contributed by atoms with E-state index in [9.17, 15) is 4.39 Å². The highest BCUT2D eigenvalue weighted by atomic mass is 32.1. The van der Waals surface area contributed by atoms with Gasteiger partial charge in [-0.25, -0.2) is 9.37 Å². The molecule has 0 saturated carbocycles. The van der Waals surface area contributed by atoms with Crippen LogP contribution in [0.2, 0.25) is 0 Å². The van der Waals surface area contributed by atoms with Gasteiger partial charge < -0.3 is 10.1 Å². The molecule has 0 atom stereocenters. The van der Waals surface area contributed by atoms with Crippen LogP contribution in [0.1, 0.15) is 13.3 Å². The second kappa shape index (κ2) is 5.82. The molecule has 3 nitrogen and oxygen atoms in total. The Kier molecular flexibility index (Phi) is 4.15. The average Bonchev–Trinajstić information content (AvgIpc) is 2.85. The van der Waals surface area contributed by atoms with Crippen molar-refractivity contribution in [3.8, 4) is 16.2 Å². The lowest BCUT2D eigenvalue weighted by Gasteiger charge is -2.03. The van der Waals surface area contributed by atoms with E-state index in [1.165, 1.54) is 24.5 Å². The zero-order chi connectivity index (χ0) is 13.0. The lowest BCUT2D eigenvalue weighted by atomic mass is 10.2. The fraction of sp³-hybridized carbons (Fsp3) is 0.308. The summed E-state index contributed by atoms with van der Waals surface area (Å²) in [6.45, 7) is 2.99. The minimum Gasteiger partial charge on any atom is -0.494 e. The van der Waals surface area contributed by atoms with E-state index in [4.69, 9.17) is 4.74 Å². The van der Waals surface area contributed by atoms with Gasteiger partial charge in [0.2, 0.25) is 0 Å². The van der Waals surface area contributed by atoms with Crippen molar-refractivity contribution in [1.82, 2.24) is 4.98 Å². The summed E-state index contributed by atoms with van der Waals surface area (Å²) >= 11 is 1.52. The van der Waals surface area contributed by atoms with Crippen molar-refractivity contribution in [2.45, 2.75) is 13.3 Å². The summed E-state index contributed by atoms with van der Waals surface area (Å²) in [6, 6.07) is 4.93. The summed E-state index contributed by atoms with van der Waals surface area (Å²) in [5.74, 6) is -0.0981. The van der Waals surface area contributed by atoms with E-state index in [-0.39, 0.29) is 11.6 Å². The molecule has 0 saturated heterocycles. The molecule has 1 aromatic carbocycles. The Morgan fingerprint density at radius 3 is 2.94 bits per heavy atom. The number of anilines is 1. The molecule has 2 aromatic rings. The third-order valence-electron chi connectivity index (χ3n) is 2.47. The molecule has 0 spiro atoms. The molecule has 1 N–H and O–H groups in total. The van der Waals surface area contributed by atoms with E-state index in [0.29, 0.717) is 0 Å². The maximum absolute atomic E-state index is 13.6. The molecule has 2 rings (SSSR count). The molecule has 5 heteroatoms. The summed E-state index contributed by atoms with van der Waals surface area (Å²) in [6.07, 6.45) is 2.80. The molecule has 0 amide bonds. The van der Waals surface area contributed by atoms with Gasteiger partial charge in [-0.2, -0.15) is 0 Å². The van der Waals surface area contributed by atoms with Crippen molar-refractivity contribution >= 4 is 16.5 Å². The number of hydrogen-bond acceptors (Lipinski definition) is 4. The summed E-state index contributed by atoms with van der Waals surface area (Å²) in [4.78, 5) is 5.20. The zero-order valence-corrected chi connectivity index (χ0v) is 11.2. The summed E-state index contributed by atoms with van der Waals surface area (Å²) in [5, 5.41) is 4.07. The molecule has 1 heterocycles. The Morgan fingerprint density at radius 2 is 2.28 bits per heavy atom. The molecule has 0 aliphatic rings. The number of benzene rings is 1. The monoisotopic (exact) mass is 266 g/mol. The van der Waals surface area contributed by atoms with Gasteiger partial charge in [-0.1, -0.05) is 18.3 Å². The zero-order valence-electron chi connectivity index (χ0n) is 10.4. The fourth-order valence-corrected chi connectivity index (χ4v) is 2.38. The Morgan fingerprint density at radius 1 is 1.44 bits per heavy atom. The smallest absolute Gasteiger partial charge is 0.183 e. The highest BCUT2D eigenvalue weighted by Gasteiger charge is 2.08. The average molecular weight is 266 g/mol. The van der Waals surface area contributed by atoms with Gasteiger partial charge in [0, 0.05) is 12.7 Å². The molecule has 0 fully saturated rings. The highest BCUT2D eigenvalue weighted by molar-refractivity contribution is 7.18. The van der Waals surface area contributed by atoms with Gasteiger partial charge in [0.1, 0.15) is 0 Å². The lowest BCUT2D eigenvalue weighted by Crippen LogP contribution is -1.97. The Balaban J connectivity index is 2.20. The predicted molar refractivity (Wildman–Crippen MR) is 72.8 cm³/mol. The molecule has 96 valence electrons. The molecule has 1 aromatic heterocycles. The van der Waals surface area contributed by atoms with Crippen molar-refractivity contribution in [1.29, 1.82) is 0 Å². The number of nitrogens with one attached hydrogen (secondary N) is 1. The number of ether oxygens (including phenoxy) is 1. The van der Waals surface area contributed by atoms with Gasteiger partial charge in [-0.05, 0) is 30.2 Å². The highest BCUT2D eigenvalue weighted by Crippen LogP contribution is 2.31. The number of methoxy groups -OCH3 is 1. The lowest BCUT2D eigenvalue weighted by molar-refractivity contribution is 0.386. The quantitative estimate of drug-likeness (QED) is 0.894. The van der Waals surface area contributed by atoms with Crippen LogP contribution in [0.15, 0.2) is 24.4 Å². The normalized spacial score (nSPS) is 10.4. The predicted octanol–water partition coefficient (Wildman–Crippen LogP) is 3.78. The van der Waals surface area contributed by atoms with E-state index in [2.05, 4.69) is 17.2 Å². The summed E-state index contributed by atoms with van der Waals surface area (Å²) < 4.78 is 18.5. The first kappa shape index (κ1) is 12.8. The first-order chi connectivity index (χ1) is 8.74. The van der Waals surface area contributed by atoms with Gasteiger partial charge in [-0.15, -0.1) is 0 Å². The third kappa shape index (κ3) is 2.79. The second-order valence-electron chi connectivity index (χ2n) is 3.81. The second-order valence-corrected chi connectivity index (χ2v) is 4.84. The summed E-state index contributed by atoms with van der Waals surface area (Å²) in [5.41, 5.74) is 0.815. The van der Waals surface area contributed by atoms with Crippen LogP contribution < -0.4 is 10.1 Å². The number of hydrogen-bond donors (Lipinski definition) is 1. The number of halogens is 1. The van der Waals surface area contributed by atoms with Crippen LogP contribution >= 0.6 is 11.3 Å². The Labute approximate surface area is 110 Å². The first-order valence-electron chi connectivity index (χ1n) is 5.78. The van der Waals surface area contributed by atoms with Gasteiger partial charge in [0.25, 0.3) is 0 Å². The van der Waals surface area contributed by atoms with Crippen LogP contribution in [0.25, 0.3) is 10.4 Å². The fourth-order valence-electron chi connectivity index (χ4n) is 1.54. The topological polar surface area (TPSA) is 34.2 Å². The molecule has 0 radical (unpaired) electrons. The maximum Gasteiger partial charge on any atom is 0.183 e. The van der Waals surface area contributed by atoms with Crippen LogP contribution in [0, 0.1) is 5.82 Å². The van der Waals surface area contributed by atoms with E-state index in [1.807, 2.05) is 6.07 Å². The Bertz CT molecular complexity index is 527. The number of rotatable bonds is 5. The SMILES string of the molecule is CCCNc1ncc(-c2ccc(OC)c(F)c2)s1. The van der Waals surface area contributed by atoms with Gasteiger partial charge in [0.05, 0.1) is 12.0 Å². The third-order valence-corrected chi connectivity index (χ3v) is 3.47. The summed E-state index contributed by atoms with van der Waals surface area (Å²) in [7, 11) is 1.46. The molecule has 0 unspecified atom stereocenters. The molecule has 0 aliphatic heterocycles. The molecular formula is C13H15FN2OS. The largest absolute Gasteiger partial charge is 0.494 e. The van der Waals surface area contributed by atoms with E-state index >= 15 is 0 Å². The van der Waals surface area contributed by atoms with Crippen molar-refractivity contribution in [2.75, 3.05) is 19.0 Å². The van der Waals surface area contributed by atoms with Crippen molar-refractivity contribution in [3.05, 3.63) is 30.2 Å². The van der Waals surface area contributed by atoms with Gasteiger partial charge in [-0.3, -0.25) is 0 Å². The van der Waals surface area contributed by atoms with Crippen molar-refractivity contribution < 1.29 is 9.13 Å². The molecule has 0 bridgehead atoms. The molecule has 18 heavy (non-hydrogen) atoms. The van der Waals surface area contributed by atoms with E-state index in [1.54, 1.807) is 12.3 Å². The van der Waals surface area contributed by atoms with Crippen LogP contribution in [-0.2, 0) is 0 Å². The minimum atomic E-state index is -0.355. The van der Waals surface area contributed by atoms with E-state index < -0.39 is 0 Å². The maximum atomic E-state index is 13.6. The Hall–Kier alpha value is -1.62. The number of aromatic nitrogens is 1. The number of nitrogens with zero attached hydrogens (tertiary/aromatic N) is 1. The standard InChI is InChI=1S/C13H15FN2OS/c1-3-6-15-13-16-8-12(18-13)9-4-5-11(17-2)10(14)7-9/h4-5,7-8H,3,6H2,1-2H3,(H,15,16). The first-order valence-corrected chi connectivity index (χ1v) is 6.60. The van der Waals surface area contributed by atoms with Gasteiger partial charge >= 0.3 is 0 Å². The van der Waals surface area contributed by atoms with Crippen molar-refractivity contribution in [3.63, 3.8) is 0 Å². The van der Waals surface area contributed by atoms with Crippen molar-refractivity contribution in [2.24, 2.45) is 0 Å².